The molecule has 5 rings (SSSR count). The fraction of sp³-hybridized carbons (Fsp3) is 0.286. The lowest BCUT2D eigenvalue weighted by atomic mass is 10.2. The number of hydrogen-bond acceptors (Lipinski definition) is 8. The summed E-state index contributed by atoms with van der Waals surface area (Å²) in [6.45, 7) is 7.44. The highest BCUT2D eigenvalue weighted by atomic mass is 32.2. The van der Waals surface area contributed by atoms with Gasteiger partial charge < -0.3 is 14.5 Å². The van der Waals surface area contributed by atoms with Crippen molar-refractivity contribution in [1.82, 2.24) is 14.2 Å². The van der Waals surface area contributed by atoms with Crippen LogP contribution in [0.5, 0.6) is 5.75 Å². The maximum atomic E-state index is 13.0. The molecular formula is C28H30N4O4S2. The van der Waals surface area contributed by atoms with Crippen LogP contribution in [0.4, 0.5) is 5.13 Å². The minimum absolute atomic E-state index is 0.117. The average Bonchev–Trinajstić information content (AvgIpc) is 3.37. The molecule has 1 saturated heterocycles. The highest BCUT2D eigenvalue weighted by Crippen LogP contribution is 2.32. The van der Waals surface area contributed by atoms with Crippen molar-refractivity contribution >= 4 is 42.7 Å². The first-order valence-electron chi connectivity index (χ1n) is 12.5. The van der Waals surface area contributed by atoms with E-state index < -0.39 is 16.0 Å². The van der Waals surface area contributed by atoms with E-state index in [0.29, 0.717) is 5.75 Å². The normalized spacial score (nSPS) is 14.8. The van der Waals surface area contributed by atoms with Crippen molar-refractivity contribution in [3.05, 3.63) is 83.9 Å². The summed E-state index contributed by atoms with van der Waals surface area (Å²) in [6.07, 6.45) is 0. The van der Waals surface area contributed by atoms with Gasteiger partial charge in [0.15, 0.2) is 5.13 Å². The topological polar surface area (TPSA) is 83.0 Å². The molecule has 0 aliphatic carbocycles. The molecule has 8 nitrogen and oxygen atoms in total. The summed E-state index contributed by atoms with van der Waals surface area (Å²) in [5.74, 6) is -0.126. The number of carbonyl (C=O) groups is 1. The summed E-state index contributed by atoms with van der Waals surface area (Å²) in [4.78, 5) is 22.4. The molecule has 4 aromatic rings. The summed E-state index contributed by atoms with van der Waals surface area (Å²) in [7, 11) is -2.17. The lowest BCUT2D eigenvalue weighted by Crippen LogP contribution is -2.46. The molecule has 0 saturated carbocycles. The van der Waals surface area contributed by atoms with Crippen LogP contribution >= 0.6 is 11.3 Å². The van der Waals surface area contributed by atoms with Crippen LogP contribution in [-0.4, -0.2) is 68.3 Å². The van der Waals surface area contributed by atoms with Gasteiger partial charge in [0.2, 0.25) is 10.0 Å². The molecule has 3 aromatic carbocycles. The molecule has 1 aliphatic rings. The third-order valence-electron chi connectivity index (χ3n) is 6.70. The second-order valence-electron chi connectivity index (χ2n) is 9.21. The van der Waals surface area contributed by atoms with Crippen LogP contribution in [-0.2, 0) is 16.6 Å². The quantitative estimate of drug-likeness (QED) is 0.236. The Labute approximate surface area is 227 Å². The van der Waals surface area contributed by atoms with E-state index in [4.69, 9.17) is 9.72 Å². The van der Waals surface area contributed by atoms with Crippen molar-refractivity contribution in [3.63, 3.8) is 0 Å². The molecule has 0 atom stereocenters. The molecule has 0 bridgehead atoms. The van der Waals surface area contributed by atoms with Crippen LogP contribution in [0, 0.1) is 0 Å². The van der Waals surface area contributed by atoms with E-state index in [9.17, 15) is 13.2 Å². The Morgan fingerprint density at radius 1 is 1.00 bits per heavy atom. The highest BCUT2D eigenvalue weighted by molar-refractivity contribution is 7.89. The zero-order valence-corrected chi connectivity index (χ0v) is 23.0. The summed E-state index contributed by atoms with van der Waals surface area (Å²) in [5, 5.41) is 0.980. The molecule has 0 spiro atoms. The molecule has 1 aromatic heterocycles. The van der Waals surface area contributed by atoms with E-state index in [1.54, 1.807) is 17.4 Å². The molecule has 0 amide bonds. The number of anilines is 1. The van der Waals surface area contributed by atoms with Gasteiger partial charge in [0.25, 0.3) is 0 Å². The zero-order valence-electron chi connectivity index (χ0n) is 21.4. The predicted octanol–water partition coefficient (Wildman–Crippen LogP) is 4.48. The van der Waals surface area contributed by atoms with Crippen molar-refractivity contribution in [2.24, 2.45) is 0 Å². The van der Waals surface area contributed by atoms with Crippen molar-refractivity contribution < 1.29 is 17.9 Å². The highest BCUT2D eigenvalue weighted by Gasteiger charge is 2.22. The number of hydrogen-bond donors (Lipinski definition) is 0. The largest absolute Gasteiger partial charge is 0.423 e. The van der Waals surface area contributed by atoms with Gasteiger partial charge >= 0.3 is 5.97 Å². The third kappa shape index (κ3) is 5.73. The van der Waals surface area contributed by atoms with Crippen molar-refractivity contribution in [1.29, 1.82) is 0 Å². The molecule has 0 N–H and O–H groups in total. The number of carbonyl (C=O) groups excluding carboxylic acids is 1. The van der Waals surface area contributed by atoms with Gasteiger partial charge in [0, 0.05) is 45.8 Å². The molecule has 1 fully saturated rings. The summed E-state index contributed by atoms with van der Waals surface area (Å²) >= 11 is 1.59. The number of nitrogens with zero attached hydrogens (tertiary/aromatic N) is 4. The van der Waals surface area contributed by atoms with Crippen molar-refractivity contribution in [3.8, 4) is 5.75 Å². The van der Waals surface area contributed by atoms with Crippen LogP contribution < -0.4 is 9.64 Å². The minimum Gasteiger partial charge on any atom is -0.423 e. The third-order valence-corrected chi connectivity index (χ3v) is 9.59. The SMILES string of the molecule is CCN1CCN(c2nc3ccc(OC(=O)c4ccc(S(=O)(=O)N(C)Cc5ccccc5)cc4)cc3s2)CC1. The molecule has 198 valence electrons. The van der Waals surface area contributed by atoms with Crippen LogP contribution in [0.1, 0.15) is 22.8 Å². The van der Waals surface area contributed by atoms with E-state index in [1.165, 1.54) is 35.6 Å². The number of sulfonamides is 1. The number of esters is 1. The van der Waals surface area contributed by atoms with Gasteiger partial charge in [0.1, 0.15) is 5.75 Å². The van der Waals surface area contributed by atoms with Gasteiger partial charge in [-0.05, 0) is 48.5 Å². The monoisotopic (exact) mass is 550 g/mol. The number of benzene rings is 3. The number of ether oxygens (including phenoxy) is 1. The molecule has 0 radical (unpaired) electrons. The fourth-order valence-electron chi connectivity index (χ4n) is 4.38. The van der Waals surface area contributed by atoms with Gasteiger partial charge in [-0.1, -0.05) is 48.6 Å². The minimum atomic E-state index is -3.71. The molecular weight excluding hydrogens is 520 g/mol. The van der Waals surface area contributed by atoms with Crippen molar-refractivity contribution in [2.45, 2.75) is 18.4 Å². The van der Waals surface area contributed by atoms with Crippen LogP contribution in [0.3, 0.4) is 0 Å². The molecule has 0 unspecified atom stereocenters. The molecule has 2 heterocycles. The number of likely N-dealkylation sites (N-methyl/N-ethyl adjacent to an activating group) is 1. The summed E-state index contributed by atoms with van der Waals surface area (Å²) in [5.41, 5.74) is 2.04. The van der Waals surface area contributed by atoms with Gasteiger partial charge in [-0.2, -0.15) is 4.31 Å². The Morgan fingerprint density at radius 2 is 1.71 bits per heavy atom. The van der Waals surface area contributed by atoms with Crippen LogP contribution in [0.2, 0.25) is 0 Å². The van der Waals surface area contributed by atoms with Gasteiger partial charge in [0.05, 0.1) is 20.7 Å². The molecule has 10 heteroatoms. The molecule has 1 aliphatic heterocycles. The van der Waals surface area contributed by atoms with E-state index in [1.807, 2.05) is 42.5 Å². The standard InChI is InChI=1S/C28H30N4O4S2/c1-3-31-15-17-32(18-16-31)28-29-25-14-11-23(19-26(25)37-28)36-27(33)22-9-12-24(13-10-22)38(34,35)30(2)20-21-7-5-4-6-8-21/h4-14,19H,3,15-18,20H2,1-2H3. The Morgan fingerprint density at radius 3 is 2.39 bits per heavy atom. The maximum Gasteiger partial charge on any atom is 0.343 e. The van der Waals surface area contributed by atoms with Crippen molar-refractivity contribution in [2.75, 3.05) is 44.7 Å². The van der Waals surface area contributed by atoms with E-state index in [0.717, 1.165) is 53.6 Å². The van der Waals surface area contributed by atoms with E-state index >= 15 is 0 Å². The lowest BCUT2D eigenvalue weighted by Gasteiger charge is -2.33. The first-order valence-corrected chi connectivity index (χ1v) is 14.8. The first kappa shape index (κ1) is 26.3. The second-order valence-corrected chi connectivity index (χ2v) is 12.3. The smallest absolute Gasteiger partial charge is 0.343 e. The lowest BCUT2D eigenvalue weighted by molar-refractivity contribution is 0.0735. The fourth-order valence-corrected chi connectivity index (χ4v) is 6.59. The zero-order chi connectivity index (χ0) is 26.7. The van der Waals surface area contributed by atoms with Crippen LogP contribution in [0.15, 0.2) is 77.7 Å². The van der Waals surface area contributed by atoms with Gasteiger partial charge in [-0.3, -0.25) is 0 Å². The van der Waals surface area contributed by atoms with E-state index in [2.05, 4.69) is 16.7 Å². The molecule has 38 heavy (non-hydrogen) atoms. The Bertz CT molecular complexity index is 1510. The van der Waals surface area contributed by atoms with Gasteiger partial charge in [-0.15, -0.1) is 0 Å². The second kappa shape index (κ2) is 11.2. The maximum absolute atomic E-state index is 13.0. The summed E-state index contributed by atoms with van der Waals surface area (Å²) < 4.78 is 33.8. The predicted molar refractivity (Wildman–Crippen MR) is 150 cm³/mol. The average molecular weight is 551 g/mol. The number of rotatable bonds is 8. The van der Waals surface area contributed by atoms with Crippen LogP contribution in [0.25, 0.3) is 10.2 Å². The number of fused-ring (bicyclic) bond motifs is 1. The Balaban J connectivity index is 1.24. The number of aromatic nitrogens is 1. The summed E-state index contributed by atoms with van der Waals surface area (Å²) in [6, 6.07) is 20.6. The van der Waals surface area contributed by atoms with Gasteiger partial charge in [-0.25, -0.2) is 18.2 Å². The Hall–Kier alpha value is -3.31. The number of thiazole rings is 1. The number of piperazine rings is 1. The Kier molecular flexibility index (Phi) is 7.75. The first-order chi connectivity index (χ1) is 18.3. The van der Waals surface area contributed by atoms with E-state index in [-0.39, 0.29) is 17.0 Å².